The SMILES string of the molecule is Cc1cc(-c2cc(Cl)ccc2C=O)ccc1F. The minimum atomic E-state index is -0.261. The van der Waals surface area contributed by atoms with Gasteiger partial charge in [0.25, 0.3) is 0 Å². The van der Waals surface area contributed by atoms with E-state index in [-0.39, 0.29) is 5.82 Å². The fraction of sp³-hybridized carbons (Fsp3) is 0.0714. The van der Waals surface area contributed by atoms with Crippen molar-refractivity contribution in [2.75, 3.05) is 0 Å². The zero-order chi connectivity index (χ0) is 12.4. The van der Waals surface area contributed by atoms with E-state index in [0.29, 0.717) is 16.1 Å². The second-order valence-electron chi connectivity index (χ2n) is 3.81. The molecule has 0 aliphatic rings. The van der Waals surface area contributed by atoms with Gasteiger partial charge < -0.3 is 0 Å². The van der Waals surface area contributed by atoms with Crippen LogP contribution in [0.15, 0.2) is 36.4 Å². The van der Waals surface area contributed by atoms with Gasteiger partial charge in [-0.05, 0) is 53.9 Å². The first kappa shape index (κ1) is 11.8. The van der Waals surface area contributed by atoms with Crippen molar-refractivity contribution >= 4 is 17.9 Å². The van der Waals surface area contributed by atoms with Gasteiger partial charge in [-0.2, -0.15) is 0 Å². The van der Waals surface area contributed by atoms with Crippen LogP contribution in [0.25, 0.3) is 11.1 Å². The van der Waals surface area contributed by atoms with Gasteiger partial charge in [0.05, 0.1) is 0 Å². The third-order valence-corrected chi connectivity index (χ3v) is 2.85. The predicted molar refractivity (Wildman–Crippen MR) is 67.0 cm³/mol. The van der Waals surface area contributed by atoms with E-state index in [1.165, 1.54) is 6.07 Å². The van der Waals surface area contributed by atoms with Crippen LogP contribution in [0.3, 0.4) is 0 Å². The van der Waals surface area contributed by atoms with Crippen molar-refractivity contribution in [1.29, 1.82) is 0 Å². The van der Waals surface area contributed by atoms with Crippen LogP contribution >= 0.6 is 11.6 Å². The lowest BCUT2D eigenvalue weighted by Gasteiger charge is -2.07. The van der Waals surface area contributed by atoms with Gasteiger partial charge in [-0.1, -0.05) is 17.7 Å². The van der Waals surface area contributed by atoms with Crippen molar-refractivity contribution in [2.24, 2.45) is 0 Å². The van der Waals surface area contributed by atoms with E-state index < -0.39 is 0 Å². The molecular formula is C14H10ClFO. The minimum Gasteiger partial charge on any atom is -0.298 e. The van der Waals surface area contributed by atoms with E-state index in [2.05, 4.69) is 0 Å². The summed E-state index contributed by atoms with van der Waals surface area (Å²) in [5.74, 6) is -0.261. The summed E-state index contributed by atoms with van der Waals surface area (Å²) in [5.41, 5.74) is 2.59. The molecule has 3 heteroatoms. The molecule has 0 spiro atoms. The third kappa shape index (κ3) is 2.37. The van der Waals surface area contributed by atoms with Gasteiger partial charge in [0, 0.05) is 10.6 Å². The van der Waals surface area contributed by atoms with E-state index in [1.54, 1.807) is 37.3 Å². The van der Waals surface area contributed by atoms with Crippen LogP contribution in [-0.4, -0.2) is 6.29 Å². The van der Waals surface area contributed by atoms with Crippen LogP contribution in [-0.2, 0) is 0 Å². The summed E-state index contributed by atoms with van der Waals surface area (Å²) >= 11 is 5.90. The molecule has 0 aliphatic carbocycles. The number of halogens is 2. The molecule has 0 bridgehead atoms. The zero-order valence-corrected chi connectivity index (χ0v) is 9.96. The van der Waals surface area contributed by atoms with Crippen LogP contribution in [0.5, 0.6) is 0 Å². The highest BCUT2D eigenvalue weighted by Crippen LogP contribution is 2.27. The molecule has 17 heavy (non-hydrogen) atoms. The van der Waals surface area contributed by atoms with E-state index >= 15 is 0 Å². The summed E-state index contributed by atoms with van der Waals surface area (Å²) in [5, 5.41) is 0.549. The van der Waals surface area contributed by atoms with E-state index in [0.717, 1.165) is 17.4 Å². The van der Waals surface area contributed by atoms with Gasteiger partial charge >= 0.3 is 0 Å². The molecule has 0 amide bonds. The number of hydrogen-bond acceptors (Lipinski definition) is 1. The molecule has 0 saturated heterocycles. The Bertz CT molecular complexity index is 578. The van der Waals surface area contributed by atoms with E-state index in [1.807, 2.05) is 0 Å². The molecule has 2 aromatic rings. The summed E-state index contributed by atoms with van der Waals surface area (Å²) in [6.45, 7) is 1.68. The molecule has 0 radical (unpaired) electrons. The Morgan fingerprint density at radius 2 is 1.94 bits per heavy atom. The molecule has 0 aliphatic heterocycles. The Labute approximate surface area is 104 Å². The first-order chi connectivity index (χ1) is 8.11. The van der Waals surface area contributed by atoms with Crippen molar-refractivity contribution in [1.82, 2.24) is 0 Å². The van der Waals surface area contributed by atoms with Gasteiger partial charge in [0.2, 0.25) is 0 Å². The number of carbonyl (C=O) groups is 1. The average molecular weight is 249 g/mol. The maximum atomic E-state index is 13.2. The molecular weight excluding hydrogens is 239 g/mol. The van der Waals surface area contributed by atoms with Crippen LogP contribution in [0.2, 0.25) is 5.02 Å². The highest BCUT2D eigenvalue weighted by Gasteiger charge is 2.07. The second-order valence-corrected chi connectivity index (χ2v) is 4.25. The van der Waals surface area contributed by atoms with Gasteiger partial charge in [-0.15, -0.1) is 0 Å². The quantitative estimate of drug-likeness (QED) is 0.726. The fourth-order valence-electron chi connectivity index (χ4n) is 1.69. The van der Waals surface area contributed by atoms with E-state index in [4.69, 9.17) is 11.6 Å². The highest BCUT2D eigenvalue weighted by molar-refractivity contribution is 6.31. The average Bonchev–Trinajstić information content (AvgIpc) is 2.32. The standard InChI is InChI=1S/C14H10ClFO/c1-9-6-10(3-5-14(9)16)13-7-12(15)4-2-11(13)8-17/h2-8H,1H3. The lowest BCUT2D eigenvalue weighted by atomic mass is 9.99. The van der Waals surface area contributed by atoms with Crippen molar-refractivity contribution in [2.45, 2.75) is 6.92 Å². The molecule has 2 aromatic carbocycles. The zero-order valence-electron chi connectivity index (χ0n) is 9.21. The largest absolute Gasteiger partial charge is 0.298 e. The third-order valence-electron chi connectivity index (χ3n) is 2.61. The number of benzene rings is 2. The summed E-state index contributed by atoms with van der Waals surface area (Å²) < 4.78 is 13.2. The molecule has 0 aromatic heterocycles. The van der Waals surface area contributed by atoms with Crippen LogP contribution in [0, 0.1) is 12.7 Å². The molecule has 0 unspecified atom stereocenters. The topological polar surface area (TPSA) is 17.1 Å². The maximum Gasteiger partial charge on any atom is 0.150 e. The highest BCUT2D eigenvalue weighted by atomic mass is 35.5. The molecule has 0 N–H and O–H groups in total. The van der Waals surface area contributed by atoms with Gasteiger partial charge in [-0.3, -0.25) is 4.79 Å². The summed E-state index contributed by atoms with van der Waals surface area (Å²) in [6.07, 6.45) is 0.768. The lowest BCUT2D eigenvalue weighted by Crippen LogP contribution is -1.89. The Morgan fingerprint density at radius 3 is 2.59 bits per heavy atom. The summed E-state index contributed by atoms with van der Waals surface area (Å²) in [6, 6.07) is 9.75. The fourth-order valence-corrected chi connectivity index (χ4v) is 1.87. The normalized spacial score (nSPS) is 10.3. The Morgan fingerprint density at radius 1 is 1.18 bits per heavy atom. The first-order valence-corrected chi connectivity index (χ1v) is 5.51. The summed E-state index contributed by atoms with van der Waals surface area (Å²) in [4.78, 5) is 10.9. The number of aldehydes is 1. The number of rotatable bonds is 2. The van der Waals surface area contributed by atoms with Crippen LogP contribution in [0.1, 0.15) is 15.9 Å². The smallest absolute Gasteiger partial charge is 0.150 e. The maximum absolute atomic E-state index is 13.2. The molecule has 0 saturated carbocycles. The second kappa shape index (κ2) is 4.68. The predicted octanol–water partition coefficient (Wildman–Crippen LogP) is 4.27. The Kier molecular flexibility index (Phi) is 3.25. The van der Waals surface area contributed by atoms with Crippen LogP contribution in [0.4, 0.5) is 4.39 Å². The molecule has 2 rings (SSSR count). The van der Waals surface area contributed by atoms with Crippen molar-refractivity contribution in [3.05, 3.63) is 58.4 Å². The number of aryl methyl sites for hydroxylation is 1. The van der Waals surface area contributed by atoms with Crippen molar-refractivity contribution in [3.63, 3.8) is 0 Å². The number of carbonyl (C=O) groups excluding carboxylic acids is 1. The minimum absolute atomic E-state index is 0.261. The summed E-state index contributed by atoms with van der Waals surface area (Å²) in [7, 11) is 0. The van der Waals surface area contributed by atoms with Gasteiger partial charge in [-0.25, -0.2) is 4.39 Å². The van der Waals surface area contributed by atoms with Crippen molar-refractivity contribution < 1.29 is 9.18 Å². The van der Waals surface area contributed by atoms with Gasteiger partial charge in [0.15, 0.2) is 6.29 Å². The van der Waals surface area contributed by atoms with Crippen LogP contribution < -0.4 is 0 Å². The molecule has 86 valence electrons. The Balaban J connectivity index is 2.62. The molecule has 1 nitrogen and oxygen atoms in total. The molecule has 0 fully saturated rings. The van der Waals surface area contributed by atoms with Crippen molar-refractivity contribution in [3.8, 4) is 11.1 Å². The molecule has 0 atom stereocenters. The van der Waals surface area contributed by atoms with E-state index in [9.17, 15) is 9.18 Å². The Hall–Kier alpha value is -1.67. The lowest BCUT2D eigenvalue weighted by molar-refractivity contribution is 0.112. The first-order valence-electron chi connectivity index (χ1n) is 5.13. The number of hydrogen-bond donors (Lipinski definition) is 0. The van der Waals surface area contributed by atoms with Gasteiger partial charge in [0.1, 0.15) is 5.82 Å². The monoisotopic (exact) mass is 248 g/mol. The molecule has 0 heterocycles.